The fraction of sp³-hybridized carbons (Fsp3) is 0.357. The number of aromatic amines is 1. The number of benzene rings is 1. The van der Waals surface area contributed by atoms with E-state index in [0.717, 1.165) is 22.6 Å². The van der Waals surface area contributed by atoms with Gasteiger partial charge in [-0.3, -0.25) is 4.68 Å². The van der Waals surface area contributed by atoms with Crippen molar-refractivity contribution < 1.29 is 0 Å². The number of aromatic nitrogens is 2. The van der Waals surface area contributed by atoms with Gasteiger partial charge in [-0.15, -0.1) is 0 Å². The van der Waals surface area contributed by atoms with Crippen molar-refractivity contribution >= 4 is 23.8 Å². The van der Waals surface area contributed by atoms with Gasteiger partial charge in [0.25, 0.3) is 0 Å². The average molecular weight is 281 g/mol. The lowest BCUT2D eigenvalue weighted by atomic mass is 10.1. The Morgan fingerprint density at radius 2 is 1.94 bits per heavy atom. The van der Waals surface area contributed by atoms with Crippen LogP contribution in [0.5, 0.6) is 0 Å². The summed E-state index contributed by atoms with van der Waals surface area (Å²) in [6.07, 6.45) is 1.03. The minimum absolute atomic E-state index is 0.627. The molecule has 0 atom stereocenters. The van der Waals surface area contributed by atoms with Gasteiger partial charge in [0.05, 0.1) is 6.54 Å². The Hall–Kier alpha value is -1.06. The van der Waals surface area contributed by atoms with Crippen LogP contribution in [0.3, 0.4) is 0 Å². The summed E-state index contributed by atoms with van der Waals surface area (Å²) in [5.41, 5.74) is 2.39. The molecule has 2 aromatic rings. The standard InChI is InChI=1S/C14H17ClN2S/c1-10(2)7-13-8-14(18)17(16-13)9-11-3-5-12(15)6-4-11/h3-6,8,10,16H,7,9H2,1-2H3. The lowest BCUT2D eigenvalue weighted by Crippen LogP contribution is -2.03. The summed E-state index contributed by atoms with van der Waals surface area (Å²) in [6.45, 7) is 5.16. The number of nitrogens with zero attached hydrogens (tertiary/aromatic N) is 1. The highest BCUT2D eigenvalue weighted by Gasteiger charge is 2.03. The van der Waals surface area contributed by atoms with Crippen LogP contribution in [0, 0.1) is 10.6 Å². The minimum atomic E-state index is 0.627. The quantitative estimate of drug-likeness (QED) is 0.821. The molecule has 0 fully saturated rings. The number of hydrogen-bond acceptors (Lipinski definition) is 1. The van der Waals surface area contributed by atoms with Crippen LogP contribution in [0.2, 0.25) is 5.02 Å². The maximum atomic E-state index is 5.87. The molecule has 0 aliphatic heterocycles. The second kappa shape index (κ2) is 5.72. The molecule has 0 saturated carbocycles. The SMILES string of the molecule is CC(C)Cc1cc(=S)n(Cc2ccc(Cl)cc2)[nH]1. The third-order valence-electron chi connectivity index (χ3n) is 2.72. The van der Waals surface area contributed by atoms with Gasteiger partial charge in [0.1, 0.15) is 4.64 Å². The summed E-state index contributed by atoms with van der Waals surface area (Å²) in [6, 6.07) is 9.89. The summed E-state index contributed by atoms with van der Waals surface area (Å²) < 4.78 is 2.84. The predicted molar refractivity (Wildman–Crippen MR) is 78.7 cm³/mol. The van der Waals surface area contributed by atoms with E-state index >= 15 is 0 Å². The zero-order chi connectivity index (χ0) is 13.1. The summed E-state index contributed by atoms with van der Waals surface area (Å²) >= 11 is 11.2. The van der Waals surface area contributed by atoms with E-state index in [9.17, 15) is 0 Å². The predicted octanol–water partition coefficient (Wildman–Crippen LogP) is 4.45. The van der Waals surface area contributed by atoms with Crippen molar-refractivity contribution in [2.45, 2.75) is 26.8 Å². The van der Waals surface area contributed by atoms with E-state index in [4.69, 9.17) is 23.8 Å². The van der Waals surface area contributed by atoms with Crippen molar-refractivity contribution in [1.82, 2.24) is 9.78 Å². The zero-order valence-corrected chi connectivity index (χ0v) is 12.2. The Labute approximate surface area is 118 Å². The Kier molecular flexibility index (Phi) is 4.25. The lowest BCUT2D eigenvalue weighted by Gasteiger charge is -2.05. The first-order valence-electron chi connectivity index (χ1n) is 6.08. The topological polar surface area (TPSA) is 20.7 Å². The van der Waals surface area contributed by atoms with E-state index in [1.807, 2.05) is 35.0 Å². The number of nitrogens with one attached hydrogen (secondary N) is 1. The van der Waals surface area contributed by atoms with Crippen LogP contribution in [-0.2, 0) is 13.0 Å². The summed E-state index contributed by atoms with van der Waals surface area (Å²) in [7, 11) is 0. The monoisotopic (exact) mass is 280 g/mol. The van der Waals surface area contributed by atoms with Crippen molar-refractivity contribution in [1.29, 1.82) is 0 Å². The summed E-state index contributed by atoms with van der Waals surface area (Å²) in [4.78, 5) is 0. The van der Waals surface area contributed by atoms with Gasteiger partial charge in [0.2, 0.25) is 0 Å². The molecule has 0 bridgehead atoms. The van der Waals surface area contributed by atoms with Gasteiger partial charge in [-0.2, -0.15) is 0 Å². The average Bonchev–Trinajstić information content (AvgIpc) is 2.61. The highest BCUT2D eigenvalue weighted by molar-refractivity contribution is 7.71. The number of hydrogen-bond donors (Lipinski definition) is 1. The molecule has 1 aromatic carbocycles. The van der Waals surface area contributed by atoms with E-state index in [2.05, 4.69) is 18.9 Å². The molecule has 0 unspecified atom stereocenters. The Balaban J connectivity index is 2.16. The zero-order valence-electron chi connectivity index (χ0n) is 10.6. The first-order valence-corrected chi connectivity index (χ1v) is 6.86. The van der Waals surface area contributed by atoms with Crippen LogP contribution in [-0.4, -0.2) is 9.78 Å². The molecule has 2 nitrogen and oxygen atoms in total. The fourth-order valence-electron chi connectivity index (χ4n) is 1.92. The van der Waals surface area contributed by atoms with Gasteiger partial charge in [0, 0.05) is 10.7 Å². The third-order valence-corrected chi connectivity index (χ3v) is 3.31. The van der Waals surface area contributed by atoms with Crippen molar-refractivity contribution in [2.75, 3.05) is 0 Å². The van der Waals surface area contributed by atoms with E-state index in [0.29, 0.717) is 5.92 Å². The van der Waals surface area contributed by atoms with Crippen molar-refractivity contribution in [3.8, 4) is 0 Å². The van der Waals surface area contributed by atoms with Crippen molar-refractivity contribution in [3.63, 3.8) is 0 Å². The molecule has 0 saturated heterocycles. The Morgan fingerprint density at radius 1 is 1.28 bits per heavy atom. The van der Waals surface area contributed by atoms with Crippen LogP contribution < -0.4 is 0 Å². The molecule has 0 radical (unpaired) electrons. The molecule has 0 spiro atoms. The number of halogens is 1. The second-order valence-electron chi connectivity index (χ2n) is 4.93. The van der Waals surface area contributed by atoms with Crippen LogP contribution in [0.25, 0.3) is 0 Å². The lowest BCUT2D eigenvalue weighted by molar-refractivity contribution is 0.606. The molecule has 18 heavy (non-hydrogen) atoms. The summed E-state index contributed by atoms with van der Waals surface area (Å²) in [5.74, 6) is 0.627. The first kappa shape index (κ1) is 13.4. The highest BCUT2D eigenvalue weighted by Crippen LogP contribution is 2.12. The smallest absolute Gasteiger partial charge is 0.122 e. The largest absolute Gasteiger partial charge is 0.301 e. The van der Waals surface area contributed by atoms with Gasteiger partial charge in [0.15, 0.2) is 0 Å². The van der Waals surface area contributed by atoms with Gasteiger partial charge in [-0.25, -0.2) is 0 Å². The van der Waals surface area contributed by atoms with Gasteiger partial charge in [-0.1, -0.05) is 49.8 Å². The normalized spacial score (nSPS) is 11.1. The third kappa shape index (κ3) is 3.47. The molecule has 0 aliphatic rings. The van der Waals surface area contributed by atoms with E-state index in [1.165, 1.54) is 11.3 Å². The molecule has 4 heteroatoms. The molecule has 2 rings (SSSR count). The van der Waals surface area contributed by atoms with Gasteiger partial charge in [-0.05, 0) is 36.1 Å². The van der Waals surface area contributed by atoms with E-state index in [-0.39, 0.29) is 0 Å². The molecule has 1 N–H and O–H groups in total. The molecular weight excluding hydrogens is 264 g/mol. The van der Waals surface area contributed by atoms with Gasteiger partial charge < -0.3 is 5.10 Å². The minimum Gasteiger partial charge on any atom is -0.301 e. The van der Waals surface area contributed by atoms with E-state index < -0.39 is 0 Å². The number of rotatable bonds is 4. The molecule has 0 amide bonds. The number of H-pyrrole nitrogens is 1. The molecule has 0 aliphatic carbocycles. The van der Waals surface area contributed by atoms with E-state index in [1.54, 1.807) is 0 Å². The maximum absolute atomic E-state index is 5.87. The first-order chi connectivity index (χ1) is 8.54. The van der Waals surface area contributed by atoms with Crippen LogP contribution >= 0.6 is 23.8 Å². The Bertz CT molecular complexity index is 566. The molecule has 96 valence electrons. The molecule has 1 heterocycles. The fourth-order valence-corrected chi connectivity index (χ4v) is 2.30. The summed E-state index contributed by atoms with van der Waals surface area (Å²) in [5, 5.41) is 4.11. The van der Waals surface area contributed by atoms with Gasteiger partial charge >= 0.3 is 0 Å². The maximum Gasteiger partial charge on any atom is 0.122 e. The molecular formula is C14H17ClN2S. The second-order valence-corrected chi connectivity index (χ2v) is 5.78. The van der Waals surface area contributed by atoms with Crippen molar-refractivity contribution in [2.24, 2.45) is 5.92 Å². The van der Waals surface area contributed by atoms with Crippen LogP contribution in [0.15, 0.2) is 30.3 Å². The van der Waals surface area contributed by atoms with Crippen molar-refractivity contribution in [3.05, 3.63) is 51.3 Å². The highest BCUT2D eigenvalue weighted by atomic mass is 35.5. The molecule has 1 aromatic heterocycles. The van der Waals surface area contributed by atoms with Crippen LogP contribution in [0.4, 0.5) is 0 Å². The Morgan fingerprint density at radius 3 is 2.56 bits per heavy atom. The van der Waals surface area contributed by atoms with Crippen LogP contribution in [0.1, 0.15) is 25.1 Å².